The van der Waals surface area contributed by atoms with Crippen LogP contribution in [0, 0.1) is 11.8 Å². The van der Waals surface area contributed by atoms with E-state index in [9.17, 15) is 4.79 Å². The van der Waals surface area contributed by atoms with Crippen molar-refractivity contribution in [1.82, 2.24) is 14.7 Å². The summed E-state index contributed by atoms with van der Waals surface area (Å²) in [5.74, 6) is 5.61. The molecule has 0 radical (unpaired) electrons. The highest BCUT2D eigenvalue weighted by atomic mass is 35.5. The van der Waals surface area contributed by atoms with Crippen molar-refractivity contribution in [3.05, 3.63) is 51.8 Å². The van der Waals surface area contributed by atoms with E-state index in [-0.39, 0.29) is 11.8 Å². The molecule has 1 saturated heterocycles. The first-order valence-corrected chi connectivity index (χ1v) is 8.54. The molecule has 4 nitrogen and oxygen atoms in total. The molecule has 1 fully saturated rings. The van der Waals surface area contributed by atoms with Crippen LogP contribution in [-0.2, 0) is 11.8 Å². The molecule has 1 atom stereocenters. The van der Waals surface area contributed by atoms with E-state index in [0.717, 1.165) is 24.9 Å². The molecule has 1 amide bonds. The zero-order chi connectivity index (χ0) is 17.1. The number of hydrogen-bond donors (Lipinski definition) is 0. The molecule has 0 aliphatic carbocycles. The fourth-order valence-corrected chi connectivity index (χ4v) is 3.18. The fraction of sp³-hybridized carbons (Fsp3) is 0.333. The normalized spacial score (nSPS) is 17.3. The van der Waals surface area contributed by atoms with E-state index >= 15 is 0 Å². The Balaban J connectivity index is 1.69. The number of halogens is 2. The number of carbonyl (C=O) groups excluding carboxylic acids is 1. The van der Waals surface area contributed by atoms with Crippen LogP contribution in [0.4, 0.5) is 0 Å². The summed E-state index contributed by atoms with van der Waals surface area (Å²) in [5.41, 5.74) is 1.71. The number of likely N-dealkylation sites (tertiary alicyclic amines) is 1. The molecular weight excluding hydrogens is 345 g/mol. The van der Waals surface area contributed by atoms with Crippen LogP contribution in [0.2, 0.25) is 10.0 Å². The minimum Gasteiger partial charge on any atom is -0.331 e. The van der Waals surface area contributed by atoms with Crippen molar-refractivity contribution in [1.29, 1.82) is 0 Å². The van der Waals surface area contributed by atoms with Crippen molar-refractivity contribution in [2.24, 2.45) is 7.05 Å². The number of amides is 1. The van der Waals surface area contributed by atoms with Crippen molar-refractivity contribution < 1.29 is 4.79 Å². The molecule has 1 aromatic heterocycles. The second-order valence-electron chi connectivity index (χ2n) is 5.89. The SMILES string of the molecule is Cn1ccc(C#CC(=O)N2CCCC(c3ccc(Cl)c(Cl)c3)C2)n1. The number of hydrogen-bond acceptors (Lipinski definition) is 2. The van der Waals surface area contributed by atoms with Crippen LogP contribution in [0.3, 0.4) is 0 Å². The highest BCUT2D eigenvalue weighted by Gasteiger charge is 2.24. The van der Waals surface area contributed by atoms with E-state index < -0.39 is 0 Å². The maximum atomic E-state index is 12.3. The highest BCUT2D eigenvalue weighted by molar-refractivity contribution is 6.42. The third-order valence-corrected chi connectivity index (χ3v) is 4.87. The number of carbonyl (C=O) groups is 1. The molecule has 6 heteroatoms. The molecule has 2 aromatic rings. The largest absolute Gasteiger partial charge is 0.331 e. The summed E-state index contributed by atoms with van der Waals surface area (Å²) < 4.78 is 1.66. The second-order valence-corrected chi connectivity index (χ2v) is 6.70. The Morgan fingerprint density at radius 2 is 2.12 bits per heavy atom. The minimum atomic E-state index is -0.162. The molecule has 1 aliphatic heterocycles. The Kier molecular flexibility index (Phi) is 5.13. The molecule has 124 valence electrons. The lowest BCUT2D eigenvalue weighted by Gasteiger charge is -2.31. The zero-order valence-electron chi connectivity index (χ0n) is 13.3. The molecule has 0 spiro atoms. The summed E-state index contributed by atoms with van der Waals surface area (Å²) in [4.78, 5) is 14.1. The summed E-state index contributed by atoms with van der Waals surface area (Å²) >= 11 is 12.1. The van der Waals surface area contributed by atoms with Crippen LogP contribution in [0.1, 0.15) is 30.0 Å². The number of aromatic nitrogens is 2. The lowest BCUT2D eigenvalue weighted by Crippen LogP contribution is -2.38. The average Bonchev–Trinajstić information content (AvgIpc) is 3.00. The summed E-state index contributed by atoms with van der Waals surface area (Å²) in [6.07, 6.45) is 3.77. The Morgan fingerprint density at radius 3 is 2.83 bits per heavy atom. The summed E-state index contributed by atoms with van der Waals surface area (Å²) in [6, 6.07) is 7.46. The van der Waals surface area contributed by atoms with E-state index in [1.165, 1.54) is 0 Å². The summed E-state index contributed by atoms with van der Waals surface area (Å²) in [5, 5.41) is 5.25. The lowest BCUT2D eigenvalue weighted by molar-refractivity contribution is -0.126. The zero-order valence-corrected chi connectivity index (χ0v) is 14.8. The maximum absolute atomic E-state index is 12.3. The van der Waals surface area contributed by atoms with Gasteiger partial charge in [0.05, 0.1) is 10.0 Å². The van der Waals surface area contributed by atoms with Crippen molar-refractivity contribution in [3.63, 3.8) is 0 Å². The van der Waals surface area contributed by atoms with Gasteiger partial charge >= 0.3 is 0 Å². The maximum Gasteiger partial charge on any atom is 0.298 e. The first kappa shape index (κ1) is 16.9. The number of nitrogens with zero attached hydrogens (tertiary/aromatic N) is 3. The molecule has 3 rings (SSSR count). The minimum absolute atomic E-state index is 0.162. The average molecular weight is 362 g/mol. The Hall–Kier alpha value is -1.96. The molecule has 1 aliphatic rings. The van der Waals surface area contributed by atoms with Gasteiger partial charge in [0.25, 0.3) is 5.91 Å². The lowest BCUT2D eigenvalue weighted by atomic mass is 9.90. The van der Waals surface area contributed by atoms with Crippen LogP contribution in [0.15, 0.2) is 30.5 Å². The molecule has 1 unspecified atom stereocenters. The molecule has 0 N–H and O–H groups in total. The number of benzene rings is 1. The van der Waals surface area contributed by atoms with Gasteiger partial charge in [-0.15, -0.1) is 0 Å². The first-order chi connectivity index (χ1) is 11.5. The smallest absolute Gasteiger partial charge is 0.298 e. The van der Waals surface area contributed by atoms with Crippen molar-refractivity contribution in [2.45, 2.75) is 18.8 Å². The van der Waals surface area contributed by atoms with Gasteiger partial charge in [0.1, 0.15) is 5.69 Å². The van der Waals surface area contributed by atoms with E-state index in [4.69, 9.17) is 23.2 Å². The van der Waals surface area contributed by atoms with Crippen LogP contribution < -0.4 is 0 Å². The quantitative estimate of drug-likeness (QED) is 0.729. The van der Waals surface area contributed by atoms with Gasteiger partial charge in [-0.3, -0.25) is 9.48 Å². The van der Waals surface area contributed by atoms with Crippen LogP contribution >= 0.6 is 23.2 Å². The van der Waals surface area contributed by atoms with E-state index in [1.807, 2.05) is 19.2 Å². The first-order valence-electron chi connectivity index (χ1n) is 7.78. The monoisotopic (exact) mass is 361 g/mol. The van der Waals surface area contributed by atoms with Crippen LogP contribution in [0.5, 0.6) is 0 Å². The third-order valence-electron chi connectivity index (χ3n) is 4.13. The summed E-state index contributed by atoms with van der Waals surface area (Å²) in [7, 11) is 1.82. The highest BCUT2D eigenvalue weighted by Crippen LogP contribution is 2.31. The van der Waals surface area contributed by atoms with Crippen LogP contribution in [0.25, 0.3) is 0 Å². The Bertz CT molecular complexity index is 819. The molecule has 1 aromatic carbocycles. The third kappa shape index (κ3) is 3.92. The number of rotatable bonds is 1. The molecule has 2 heterocycles. The van der Waals surface area contributed by atoms with Crippen LogP contribution in [-0.4, -0.2) is 33.7 Å². The van der Waals surface area contributed by atoms with Gasteiger partial charge in [0, 0.05) is 38.2 Å². The van der Waals surface area contributed by atoms with Crippen molar-refractivity contribution >= 4 is 29.1 Å². The predicted octanol–water partition coefficient (Wildman–Crippen LogP) is 3.48. The molecule has 24 heavy (non-hydrogen) atoms. The molecule has 0 saturated carbocycles. The Labute approximate surface area is 151 Å². The summed E-state index contributed by atoms with van der Waals surface area (Å²) in [6.45, 7) is 1.38. The van der Waals surface area contributed by atoms with Gasteiger partial charge in [-0.2, -0.15) is 5.10 Å². The Morgan fingerprint density at radius 1 is 1.29 bits per heavy atom. The van der Waals surface area contributed by atoms with Gasteiger partial charge < -0.3 is 4.90 Å². The van der Waals surface area contributed by atoms with Crippen molar-refractivity contribution in [2.75, 3.05) is 13.1 Å². The number of piperidine rings is 1. The molecular formula is C18H17Cl2N3O. The molecule has 0 bridgehead atoms. The number of aryl methyl sites for hydroxylation is 1. The van der Waals surface area contributed by atoms with Gasteiger partial charge in [-0.1, -0.05) is 29.3 Å². The second kappa shape index (κ2) is 7.29. The van der Waals surface area contributed by atoms with E-state index in [2.05, 4.69) is 16.9 Å². The standard InChI is InChI=1S/C18H17Cl2N3O/c1-22-10-8-15(21-22)5-7-18(24)23-9-2-3-14(12-23)13-4-6-16(19)17(20)11-13/h4,6,8,10-11,14H,2-3,9,12H2,1H3. The van der Waals surface area contributed by atoms with Gasteiger partial charge in [-0.25, -0.2) is 0 Å². The van der Waals surface area contributed by atoms with E-state index in [1.54, 1.807) is 27.9 Å². The topological polar surface area (TPSA) is 38.1 Å². The van der Waals surface area contributed by atoms with Gasteiger partial charge in [-0.05, 0) is 42.5 Å². The van der Waals surface area contributed by atoms with Crippen molar-refractivity contribution in [3.8, 4) is 11.8 Å². The fourth-order valence-electron chi connectivity index (χ4n) is 2.88. The van der Waals surface area contributed by atoms with Gasteiger partial charge in [0.2, 0.25) is 0 Å². The van der Waals surface area contributed by atoms with Gasteiger partial charge in [0.15, 0.2) is 0 Å². The van der Waals surface area contributed by atoms with E-state index in [0.29, 0.717) is 22.3 Å². The predicted molar refractivity (Wildman–Crippen MR) is 95.1 cm³/mol.